The molecule has 1 fully saturated rings. The van der Waals surface area contributed by atoms with E-state index in [1.54, 1.807) is 6.07 Å². The Kier molecular flexibility index (Phi) is 5.22. The number of rotatable bonds is 4. The molecule has 0 atom stereocenters. The molecule has 1 saturated carbocycles. The number of pyridine rings is 1. The molecule has 0 aliphatic heterocycles. The van der Waals surface area contributed by atoms with E-state index in [1.807, 2.05) is 6.20 Å². The molecule has 1 aliphatic carbocycles. The topological polar surface area (TPSA) is 12.9 Å². The maximum atomic E-state index is 15.1. The van der Waals surface area contributed by atoms with Gasteiger partial charge in [0.15, 0.2) is 0 Å². The SMILES string of the molecule is Cc1ccc(-c2cc(F)c3sc4ccc(-c5cc(CC6CCCC6)ccn5)cc4c3c2)cc1. The van der Waals surface area contributed by atoms with Crippen molar-refractivity contribution < 1.29 is 4.39 Å². The van der Waals surface area contributed by atoms with E-state index in [4.69, 9.17) is 0 Å². The summed E-state index contributed by atoms with van der Waals surface area (Å²) in [5.41, 5.74) is 6.63. The third kappa shape index (κ3) is 3.95. The van der Waals surface area contributed by atoms with Crippen LogP contribution < -0.4 is 0 Å². The molecule has 1 nitrogen and oxygen atoms in total. The van der Waals surface area contributed by atoms with Crippen LogP contribution in [0.25, 0.3) is 42.6 Å². The Morgan fingerprint density at radius 2 is 1.61 bits per heavy atom. The standard InChI is InChI=1S/C30H26FNS/c1-19-6-8-22(9-7-19)24-17-26-25-16-23(10-11-29(25)33-30(26)27(31)18-24)28-15-21(12-13-32-28)14-20-4-2-3-5-20/h6-13,15-18,20H,2-5,14H2,1H3. The number of benzene rings is 3. The number of hydrogen-bond acceptors (Lipinski definition) is 2. The molecule has 0 saturated heterocycles. The minimum absolute atomic E-state index is 0.150. The monoisotopic (exact) mass is 451 g/mol. The number of aryl methyl sites for hydroxylation is 1. The normalized spacial score (nSPS) is 14.5. The van der Waals surface area contributed by atoms with Crippen LogP contribution in [-0.4, -0.2) is 4.98 Å². The van der Waals surface area contributed by atoms with E-state index in [0.29, 0.717) is 0 Å². The lowest BCUT2D eigenvalue weighted by Crippen LogP contribution is -1.99. The molecule has 1 aliphatic rings. The lowest BCUT2D eigenvalue weighted by molar-refractivity contribution is 0.546. The highest BCUT2D eigenvalue weighted by atomic mass is 32.1. The molecule has 0 amide bonds. The Balaban J connectivity index is 1.43. The molecule has 5 aromatic rings. The Morgan fingerprint density at radius 3 is 2.42 bits per heavy atom. The summed E-state index contributed by atoms with van der Waals surface area (Å²) in [7, 11) is 0. The number of thiophene rings is 1. The molecule has 164 valence electrons. The summed E-state index contributed by atoms with van der Waals surface area (Å²) in [6.07, 6.45) is 8.50. The second-order valence-electron chi connectivity index (χ2n) is 9.42. The first-order valence-electron chi connectivity index (χ1n) is 11.8. The van der Waals surface area contributed by atoms with Crippen molar-refractivity contribution in [3.63, 3.8) is 0 Å². The minimum Gasteiger partial charge on any atom is -0.256 e. The summed E-state index contributed by atoms with van der Waals surface area (Å²) >= 11 is 1.53. The van der Waals surface area contributed by atoms with Crippen LogP contribution in [0.4, 0.5) is 4.39 Å². The van der Waals surface area contributed by atoms with Gasteiger partial charge in [0, 0.05) is 27.2 Å². The van der Waals surface area contributed by atoms with Crippen LogP contribution in [0.15, 0.2) is 72.9 Å². The van der Waals surface area contributed by atoms with Gasteiger partial charge in [-0.25, -0.2) is 4.39 Å². The van der Waals surface area contributed by atoms with Gasteiger partial charge in [-0.3, -0.25) is 4.98 Å². The molecular formula is C30H26FNS. The number of halogens is 1. The minimum atomic E-state index is -0.150. The highest BCUT2D eigenvalue weighted by molar-refractivity contribution is 7.25. The van der Waals surface area contributed by atoms with E-state index >= 15 is 4.39 Å². The van der Waals surface area contributed by atoms with Crippen LogP contribution in [0, 0.1) is 18.7 Å². The molecule has 0 bridgehead atoms. The van der Waals surface area contributed by atoms with Crippen LogP contribution in [-0.2, 0) is 6.42 Å². The van der Waals surface area contributed by atoms with Crippen molar-refractivity contribution in [1.29, 1.82) is 0 Å². The Labute approximate surface area is 197 Å². The zero-order valence-electron chi connectivity index (χ0n) is 18.8. The van der Waals surface area contributed by atoms with Gasteiger partial charge in [0.05, 0.1) is 10.4 Å². The first-order chi connectivity index (χ1) is 16.1. The van der Waals surface area contributed by atoms with Crippen molar-refractivity contribution in [2.75, 3.05) is 0 Å². The fourth-order valence-corrected chi connectivity index (χ4v) is 6.29. The molecule has 6 rings (SSSR count). The van der Waals surface area contributed by atoms with Crippen molar-refractivity contribution in [2.24, 2.45) is 5.92 Å². The van der Waals surface area contributed by atoms with E-state index in [1.165, 1.54) is 48.1 Å². The fraction of sp³-hybridized carbons (Fsp3) is 0.233. The fourth-order valence-electron chi connectivity index (χ4n) is 5.22. The number of aromatic nitrogens is 1. The van der Waals surface area contributed by atoms with Gasteiger partial charge in [-0.2, -0.15) is 0 Å². The van der Waals surface area contributed by atoms with Gasteiger partial charge in [0.2, 0.25) is 0 Å². The average molecular weight is 452 g/mol. The van der Waals surface area contributed by atoms with Gasteiger partial charge in [-0.05, 0) is 72.4 Å². The summed E-state index contributed by atoms with van der Waals surface area (Å²) in [5, 5.41) is 2.08. The zero-order valence-corrected chi connectivity index (χ0v) is 19.6. The van der Waals surface area contributed by atoms with Crippen LogP contribution in [0.2, 0.25) is 0 Å². The van der Waals surface area contributed by atoms with Gasteiger partial charge < -0.3 is 0 Å². The number of hydrogen-bond donors (Lipinski definition) is 0. The maximum absolute atomic E-state index is 15.1. The Morgan fingerprint density at radius 1 is 0.848 bits per heavy atom. The predicted octanol–water partition coefficient (Wildman–Crippen LogP) is 8.96. The summed E-state index contributed by atoms with van der Waals surface area (Å²) in [6, 6.07) is 22.9. The highest BCUT2D eigenvalue weighted by Crippen LogP contribution is 2.40. The lowest BCUT2D eigenvalue weighted by atomic mass is 9.97. The second-order valence-corrected chi connectivity index (χ2v) is 10.5. The summed E-state index contributed by atoms with van der Waals surface area (Å²) in [5.74, 6) is 0.661. The third-order valence-corrected chi connectivity index (χ3v) is 8.22. The average Bonchev–Trinajstić information content (AvgIpc) is 3.47. The molecule has 3 heteroatoms. The van der Waals surface area contributed by atoms with Crippen LogP contribution in [0.1, 0.15) is 36.8 Å². The Bertz CT molecular complexity index is 1460. The summed E-state index contributed by atoms with van der Waals surface area (Å²) in [4.78, 5) is 4.68. The van der Waals surface area contributed by atoms with E-state index in [0.717, 1.165) is 54.9 Å². The first kappa shape index (κ1) is 20.6. The molecular weight excluding hydrogens is 425 g/mol. The molecule has 0 unspecified atom stereocenters. The molecule has 0 N–H and O–H groups in total. The largest absolute Gasteiger partial charge is 0.256 e. The lowest BCUT2D eigenvalue weighted by Gasteiger charge is -2.10. The first-order valence-corrected chi connectivity index (χ1v) is 12.6. The van der Waals surface area contributed by atoms with Crippen molar-refractivity contribution in [3.05, 3.63) is 89.9 Å². The maximum Gasteiger partial charge on any atom is 0.141 e. The molecule has 0 spiro atoms. The summed E-state index contributed by atoms with van der Waals surface area (Å²) in [6.45, 7) is 2.07. The van der Waals surface area contributed by atoms with E-state index in [-0.39, 0.29) is 5.82 Å². The van der Waals surface area contributed by atoms with Crippen molar-refractivity contribution >= 4 is 31.5 Å². The van der Waals surface area contributed by atoms with Crippen molar-refractivity contribution in [2.45, 2.75) is 39.0 Å². The molecule has 2 aromatic heterocycles. The van der Waals surface area contributed by atoms with Crippen molar-refractivity contribution in [1.82, 2.24) is 4.98 Å². The van der Waals surface area contributed by atoms with Crippen LogP contribution >= 0.6 is 11.3 Å². The van der Waals surface area contributed by atoms with Crippen LogP contribution in [0.3, 0.4) is 0 Å². The van der Waals surface area contributed by atoms with Crippen molar-refractivity contribution in [3.8, 4) is 22.4 Å². The predicted molar refractivity (Wildman–Crippen MR) is 138 cm³/mol. The third-order valence-electron chi connectivity index (χ3n) is 7.03. The van der Waals surface area contributed by atoms with Gasteiger partial charge in [0.25, 0.3) is 0 Å². The van der Waals surface area contributed by atoms with E-state index in [2.05, 4.69) is 72.6 Å². The van der Waals surface area contributed by atoms with E-state index < -0.39 is 0 Å². The molecule has 33 heavy (non-hydrogen) atoms. The van der Waals surface area contributed by atoms with Gasteiger partial charge in [0.1, 0.15) is 5.82 Å². The Hall–Kier alpha value is -3.04. The van der Waals surface area contributed by atoms with Gasteiger partial charge in [-0.15, -0.1) is 11.3 Å². The molecule has 2 heterocycles. The molecule has 3 aromatic carbocycles. The molecule has 0 radical (unpaired) electrons. The van der Waals surface area contributed by atoms with Crippen LogP contribution in [0.5, 0.6) is 0 Å². The smallest absolute Gasteiger partial charge is 0.141 e. The van der Waals surface area contributed by atoms with Gasteiger partial charge >= 0.3 is 0 Å². The number of fused-ring (bicyclic) bond motifs is 3. The highest BCUT2D eigenvalue weighted by Gasteiger charge is 2.16. The number of nitrogens with zero attached hydrogens (tertiary/aromatic N) is 1. The second kappa shape index (κ2) is 8.39. The van der Waals surface area contributed by atoms with Gasteiger partial charge in [-0.1, -0.05) is 61.6 Å². The van der Waals surface area contributed by atoms with E-state index in [9.17, 15) is 0 Å². The quantitative estimate of drug-likeness (QED) is 0.266. The zero-order chi connectivity index (χ0) is 22.4. The summed E-state index contributed by atoms with van der Waals surface area (Å²) < 4.78 is 16.9.